The summed E-state index contributed by atoms with van der Waals surface area (Å²) in [6, 6.07) is 5.27. The van der Waals surface area contributed by atoms with Gasteiger partial charge in [0.05, 0.1) is 11.5 Å². The molecule has 0 spiro atoms. The molecule has 9 heteroatoms. The van der Waals surface area contributed by atoms with Crippen molar-refractivity contribution in [3.8, 4) is 0 Å². The standard InChI is InChI=1S/C20H22FN5O3/c1-11-3-2-8-26(10-11)20-24-17-16(19(29)25-20)14(9-15(27)23-17)18(28)22-13-6-4-12(21)5-7-13/h4-7,11,14H,2-3,8-10H2,1H3,(H,22,28)(H2,23,24,25,27,29)/t11-,14+/m0/s1. The van der Waals surface area contributed by atoms with Crippen LogP contribution in [0.25, 0.3) is 0 Å². The molecular weight excluding hydrogens is 377 g/mol. The third-order valence-electron chi connectivity index (χ3n) is 5.32. The van der Waals surface area contributed by atoms with Gasteiger partial charge < -0.3 is 15.5 Å². The molecule has 152 valence electrons. The fourth-order valence-electron chi connectivity index (χ4n) is 3.88. The zero-order chi connectivity index (χ0) is 20.5. The summed E-state index contributed by atoms with van der Waals surface area (Å²) >= 11 is 0. The average molecular weight is 399 g/mol. The summed E-state index contributed by atoms with van der Waals surface area (Å²) in [6.07, 6.45) is 1.95. The topological polar surface area (TPSA) is 107 Å². The first-order valence-corrected chi connectivity index (χ1v) is 9.66. The first-order valence-electron chi connectivity index (χ1n) is 9.66. The molecule has 4 rings (SSSR count). The Labute approximate surface area is 166 Å². The van der Waals surface area contributed by atoms with Crippen LogP contribution in [0.1, 0.15) is 37.7 Å². The first-order chi connectivity index (χ1) is 13.9. The van der Waals surface area contributed by atoms with Crippen LogP contribution in [0.5, 0.6) is 0 Å². The molecule has 1 aromatic heterocycles. The quantitative estimate of drug-likeness (QED) is 0.734. The van der Waals surface area contributed by atoms with Crippen molar-refractivity contribution in [2.45, 2.75) is 32.1 Å². The van der Waals surface area contributed by atoms with E-state index >= 15 is 0 Å². The van der Waals surface area contributed by atoms with E-state index in [1.54, 1.807) is 0 Å². The highest BCUT2D eigenvalue weighted by Gasteiger charge is 2.35. The van der Waals surface area contributed by atoms with Crippen molar-refractivity contribution in [2.75, 3.05) is 28.6 Å². The zero-order valence-electron chi connectivity index (χ0n) is 16.0. The summed E-state index contributed by atoms with van der Waals surface area (Å²) in [5, 5.41) is 5.26. The second kappa shape index (κ2) is 7.65. The van der Waals surface area contributed by atoms with Crippen LogP contribution in [0.4, 0.5) is 21.8 Å². The van der Waals surface area contributed by atoms with Gasteiger partial charge in [0, 0.05) is 25.2 Å². The number of benzene rings is 1. The van der Waals surface area contributed by atoms with E-state index < -0.39 is 23.2 Å². The summed E-state index contributed by atoms with van der Waals surface area (Å²) in [6.45, 7) is 3.68. The van der Waals surface area contributed by atoms with Crippen LogP contribution in [0.2, 0.25) is 0 Å². The molecule has 2 aromatic rings. The van der Waals surface area contributed by atoms with Gasteiger partial charge in [0.25, 0.3) is 5.56 Å². The fraction of sp³-hybridized carbons (Fsp3) is 0.400. The van der Waals surface area contributed by atoms with Crippen LogP contribution in [0.3, 0.4) is 0 Å². The summed E-state index contributed by atoms with van der Waals surface area (Å²) in [5.41, 5.74) is 0.0766. The predicted molar refractivity (Wildman–Crippen MR) is 106 cm³/mol. The van der Waals surface area contributed by atoms with E-state index in [1.807, 2.05) is 4.90 Å². The van der Waals surface area contributed by atoms with Gasteiger partial charge in [-0.15, -0.1) is 0 Å². The molecule has 0 bridgehead atoms. The number of H-pyrrole nitrogens is 1. The lowest BCUT2D eigenvalue weighted by Crippen LogP contribution is -2.40. The Kier molecular flexibility index (Phi) is 5.04. The molecule has 0 saturated carbocycles. The molecule has 1 aromatic carbocycles. The molecule has 2 amide bonds. The van der Waals surface area contributed by atoms with Crippen LogP contribution < -0.4 is 21.1 Å². The highest BCUT2D eigenvalue weighted by atomic mass is 19.1. The van der Waals surface area contributed by atoms with E-state index in [0.717, 1.165) is 25.9 Å². The highest BCUT2D eigenvalue weighted by Crippen LogP contribution is 2.31. The molecule has 2 aliphatic heterocycles. The largest absolute Gasteiger partial charge is 0.342 e. The normalized spacial score (nSPS) is 21.3. The number of hydrogen-bond donors (Lipinski definition) is 3. The molecule has 2 atom stereocenters. The van der Waals surface area contributed by atoms with Crippen molar-refractivity contribution in [3.05, 3.63) is 46.0 Å². The van der Waals surface area contributed by atoms with Gasteiger partial charge in [0.15, 0.2) is 0 Å². The van der Waals surface area contributed by atoms with Crippen molar-refractivity contribution in [3.63, 3.8) is 0 Å². The lowest BCUT2D eigenvalue weighted by molar-refractivity contribution is -0.123. The minimum absolute atomic E-state index is 0.123. The number of carbonyl (C=O) groups excluding carboxylic acids is 2. The number of rotatable bonds is 3. The van der Waals surface area contributed by atoms with Crippen LogP contribution >= 0.6 is 0 Å². The second-order valence-electron chi connectivity index (χ2n) is 7.65. The Hall–Kier alpha value is -3.23. The number of nitrogens with one attached hydrogen (secondary N) is 3. The van der Waals surface area contributed by atoms with Gasteiger partial charge in [0.1, 0.15) is 11.6 Å². The van der Waals surface area contributed by atoms with Crippen molar-refractivity contribution < 1.29 is 14.0 Å². The minimum Gasteiger partial charge on any atom is -0.342 e. The summed E-state index contributed by atoms with van der Waals surface area (Å²) in [7, 11) is 0. The van der Waals surface area contributed by atoms with E-state index in [0.29, 0.717) is 17.6 Å². The third kappa shape index (κ3) is 3.98. The van der Waals surface area contributed by atoms with Gasteiger partial charge >= 0.3 is 0 Å². The maximum absolute atomic E-state index is 13.1. The Morgan fingerprint density at radius 1 is 1.28 bits per heavy atom. The SMILES string of the molecule is C[C@H]1CCCN(c2nc3c(c(=O)[nH]2)[C@H](C(=O)Nc2ccc(F)cc2)CC(=O)N3)C1. The number of amides is 2. The molecule has 0 aliphatic carbocycles. The van der Waals surface area contributed by atoms with E-state index in [-0.39, 0.29) is 23.7 Å². The summed E-state index contributed by atoms with van der Waals surface area (Å²) in [4.78, 5) is 47.0. The third-order valence-corrected chi connectivity index (χ3v) is 5.32. The monoisotopic (exact) mass is 399 g/mol. The van der Waals surface area contributed by atoms with Crippen LogP contribution in [0.15, 0.2) is 29.1 Å². The molecule has 1 saturated heterocycles. The first kappa shape index (κ1) is 19.1. The van der Waals surface area contributed by atoms with Crippen LogP contribution in [-0.4, -0.2) is 34.9 Å². The number of halogens is 1. The zero-order valence-corrected chi connectivity index (χ0v) is 16.0. The van der Waals surface area contributed by atoms with Crippen molar-refractivity contribution >= 4 is 29.3 Å². The van der Waals surface area contributed by atoms with E-state index in [1.165, 1.54) is 24.3 Å². The summed E-state index contributed by atoms with van der Waals surface area (Å²) in [5.74, 6) is -1.29. The highest BCUT2D eigenvalue weighted by molar-refractivity contribution is 6.04. The molecule has 3 N–H and O–H groups in total. The Balaban J connectivity index is 1.63. The minimum atomic E-state index is -0.977. The van der Waals surface area contributed by atoms with Crippen molar-refractivity contribution in [1.82, 2.24) is 9.97 Å². The molecule has 0 radical (unpaired) electrons. The number of aromatic amines is 1. The van der Waals surface area contributed by atoms with E-state index in [2.05, 4.69) is 27.5 Å². The van der Waals surface area contributed by atoms with Crippen LogP contribution in [-0.2, 0) is 9.59 Å². The molecule has 8 nitrogen and oxygen atoms in total. The molecule has 3 heterocycles. The molecule has 29 heavy (non-hydrogen) atoms. The van der Waals surface area contributed by atoms with Gasteiger partial charge in [-0.05, 0) is 43.0 Å². The lowest BCUT2D eigenvalue weighted by atomic mass is 9.92. The van der Waals surface area contributed by atoms with Crippen LogP contribution in [0, 0.1) is 11.7 Å². The maximum atomic E-state index is 13.1. The van der Waals surface area contributed by atoms with Gasteiger partial charge in [-0.3, -0.25) is 19.4 Å². The predicted octanol–water partition coefficient (Wildman–Crippen LogP) is 2.21. The Bertz CT molecular complexity index is 1000. The maximum Gasteiger partial charge on any atom is 0.258 e. The van der Waals surface area contributed by atoms with Gasteiger partial charge in [-0.2, -0.15) is 4.98 Å². The molecule has 0 unspecified atom stereocenters. The number of hydrogen-bond acceptors (Lipinski definition) is 5. The van der Waals surface area contributed by atoms with Gasteiger partial charge in [-0.25, -0.2) is 4.39 Å². The van der Waals surface area contributed by atoms with Gasteiger partial charge in [0.2, 0.25) is 17.8 Å². The number of anilines is 3. The van der Waals surface area contributed by atoms with Crippen molar-refractivity contribution in [2.24, 2.45) is 5.92 Å². The van der Waals surface area contributed by atoms with E-state index in [9.17, 15) is 18.8 Å². The molecular formula is C20H22FN5O3. The van der Waals surface area contributed by atoms with E-state index in [4.69, 9.17) is 0 Å². The molecule has 2 aliphatic rings. The number of nitrogens with zero attached hydrogens (tertiary/aromatic N) is 2. The van der Waals surface area contributed by atoms with Gasteiger partial charge in [-0.1, -0.05) is 6.92 Å². The number of fused-ring (bicyclic) bond motifs is 1. The Morgan fingerprint density at radius 2 is 2.03 bits per heavy atom. The lowest BCUT2D eigenvalue weighted by Gasteiger charge is -2.32. The summed E-state index contributed by atoms with van der Waals surface area (Å²) < 4.78 is 13.1. The number of carbonyl (C=O) groups is 2. The average Bonchev–Trinajstić information content (AvgIpc) is 2.68. The molecule has 1 fully saturated rings. The smallest absolute Gasteiger partial charge is 0.258 e. The Morgan fingerprint density at radius 3 is 2.76 bits per heavy atom. The van der Waals surface area contributed by atoms with Crippen molar-refractivity contribution in [1.29, 1.82) is 0 Å². The number of aromatic nitrogens is 2. The number of piperidine rings is 1. The second-order valence-corrected chi connectivity index (χ2v) is 7.65. The fourth-order valence-corrected chi connectivity index (χ4v) is 3.88.